The first kappa shape index (κ1) is 12.0. The Morgan fingerprint density at radius 3 is 2.82 bits per heavy atom. The predicted molar refractivity (Wildman–Crippen MR) is 67.3 cm³/mol. The van der Waals surface area contributed by atoms with Gasteiger partial charge in [0.05, 0.1) is 23.1 Å². The van der Waals surface area contributed by atoms with E-state index in [4.69, 9.17) is 4.74 Å². The summed E-state index contributed by atoms with van der Waals surface area (Å²) in [4.78, 5) is 15.3. The summed E-state index contributed by atoms with van der Waals surface area (Å²) in [6.07, 6.45) is 3.18. The number of rotatable bonds is 6. The Hall–Kier alpha value is -1.52. The van der Waals surface area contributed by atoms with Gasteiger partial charge in [0.1, 0.15) is 0 Å². The Morgan fingerprint density at radius 1 is 1.29 bits per heavy atom. The fraction of sp³-hybridized carbons (Fsp3) is 0.231. The number of hydrogen-bond acceptors (Lipinski definition) is 4. The molecule has 0 saturated heterocycles. The lowest BCUT2D eigenvalue weighted by atomic mass is 10.2. The highest BCUT2D eigenvalue weighted by Crippen LogP contribution is 2.11. The second-order valence-corrected chi connectivity index (χ2v) is 4.71. The minimum absolute atomic E-state index is 0.618. The van der Waals surface area contributed by atoms with E-state index in [0.29, 0.717) is 18.1 Å². The Morgan fingerprint density at radius 2 is 2.12 bits per heavy atom. The number of benzene rings is 1. The number of carbonyl (C=O) groups excluding carboxylic acids is 1. The molecule has 0 fully saturated rings. The van der Waals surface area contributed by atoms with Gasteiger partial charge < -0.3 is 4.74 Å². The first-order valence-corrected chi connectivity index (χ1v) is 6.21. The van der Waals surface area contributed by atoms with Gasteiger partial charge in [0, 0.05) is 12.6 Å². The molecule has 2 rings (SSSR count). The first-order valence-electron chi connectivity index (χ1n) is 5.40. The maximum Gasteiger partial charge on any atom is 0.161 e. The molecule has 0 atom stereocenters. The monoisotopic (exact) mass is 247 g/mol. The highest BCUT2D eigenvalue weighted by atomic mass is 32.1. The van der Waals surface area contributed by atoms with E-state index < -0.39 is 0 Å². The average molecular weight is 247 g/mol. The number of carbonyl (C=O) groups is 1. The number of thiazole rings is 1. The van der Waals surface area contributed by atoms with E-state index in [1.54, 1.807) is 6.20 Å². The molecule has 0 N–H and O–H groups in total. The van der Waals surface area contributed by atoms with Crippen LogP contribution in [-0.4, -0.2) is 17.9 Å². The zero-order chi connectivity index (χ0) is 11.9. The second kappa shape index (κ2) is 6.27. The first-order chi connectivity index (χ1) is 8.38. The van der Waals surface area contributed by atoms with Crippen molar-refractivity contribution in [3.05, 3.63) is 52.0 Å². The molecule has 0 amide bonds. The van der Waals surface area contributed by atoms with Crippen molar-refractivity contribution in [2.75, 3.05) is 6.61 Å². The van der Waals surface area contributed by atoms with Gasteiger partial charge in [-0.25, -0.2) is 4.98 Å². The fourth-order valence-corrected chi connectivity index (χ4v) is 2.13. The highest BCUT2D eigenvalue weighted by molar-refractivity contribution is 7.13. The second-order valence-electron chi connectivity index (χ2n) is 3.56. The average Bonchev–Trinajstić information content (AvgIpc) is 2.84. The predicted octanol–water partition coefficient (Wildman–Crippen LogP) is 2.71. The summed E-state index contributed by atoms with van der Waals surface area (Å²) in [5, 5.41) is 0.945. The minimum atomic E-state index is 0.618. The molecule has 1 aromatic heterocycles. The summed E-state index contributed by atoms with van der Waals surface area (Å²) in [5.41, 5.74) is 1.17. The number of aromatic nitrogens is 1. The van der Waals surface area contributed by atoms with E-state index in [2.05, 4.69) is 4.98 Å². The van der Waals surface area contributed by atoms with Gasteiger partial charge in [-0.3, -0.25) is 4.79 Å². The van der Waals surface area contributed by atoms with Gasteiger partial charge in [0.25, 0.3) is 0 Å². The van der Waals surface area contributed by atoms with Gasteiger partial charge in [-0.05, 0) is 5.56 Å². The van der Waals surface area contributed by atoms with Gasteiger partial charge in [-0.2, -0.15) is 0 Å². The van der Waals surface area contributed by atoms with Crippen molar-refractivity contribution in [3.63, 3.8) is 0 Å². The molecule has 0 aliphatic heterocycles. The number of hydrogen-bond donors (Lipinski definition) is 0. The quantitative estimate of drug-likeness (QED) is 0.582. The number of aldehydes is 1. The van der Waals surface area contributed by atoms with Crippen molar-refractivity contribution in [1.29, 1.82) is 0 Å². The van der Waals surface area contributed by atoms with E-state index in [9.17, 15) is 4.79 Å². The van der Waals surface area contributed by atoms with Crippen LogP contribution in [0.15, 0.2) is 36.5 Å². The molecule has 0 saturated carbocycles. The van der Waals surface area contributed by atoms with Gasteiger partial charge in [-0.1, -0.05) is 30.3 Å². The van der Waals surface area contributed by atoms with E-state index in [1.807, 2.05) is 30.3 Å². The van der Waals surface area contributed by atoms with Crippen molar-refractivity contribution in [1.82, 2.24) is 4.98 Å². The Bertz CT molecular complexity index is 467. The van der Waals surface area contributed by atoms with Crippen molar-refractivity contribution in [3.8, 4) is 0 Å². The van der Waals surface area contributed by atoms with Gasteiger partial charge in [-0.15, -0.1) is 11.3 Å². The van der Waals surface area contributed by atoms with Crippen molar-refractivity contribution in [2.24, 2.45) is 0 Å². The molecular weight excluding hydrogens is 234 g/mol. The molecule has 0 aliphatic rings. The van der Waals surface area contributed by atoms with Crippen LogP contribution in [-0.2, 0) is 17.8 Å². The van der Waals surface area contributed by atoms with Crippen LogP contribution in [0, 0.1) is 0 Å². The molecule has 0 aliphatic carbocycles. The lowest BCUT2D eigenvalue weighted by Crippen LogP contribution is -1.98. The molecule has 4 heteroatoms. The SMILES string of the molecule is O=Cc1cnc(CCOCc2ccccc2)s1. The molecule has 3 nitrogen and oxygen atoms in total. The van der Waals surface area contributed by atoms with Crippen molar-refractivity contribution < 1.29 is 9.53 Å². The topological polar surface area (TPSA) is 39.2 Å². The minimum Gasteiger partial charge on any atom is -0.376 e. The van der Waals surface area contributed by atoms with Crippen LogP contribution < -0.4 is 0 Å². The van der Waals surface area contributed by atoms with E-state index >= 15 is 0 Å². The lowest BCUT2D eigenvalue weighted by Gasteiger charge is -2.02. The van der Waals surface area contributed by atoms with Crippen LogP contribution in [0.1, 0.15) is 20.2 Å². The van der Waals surface area contributed by atoms with Gasteiger partial charge in [0.2, 0.25) is 0 Å². The summed E-state index contributed by atoms with van der Waals surface area (Å²) in [5.74, 6) is 0. The molecular formula is C13H13NO2S. The van der Waals surface area contributed by atoms with Gasteiger partial charge >= 0.3 is 0 Å². The molecule has 2 aromatic rings. The van der Waals surface area contributed by atoms with E-state index in [0.717, 1.165) is 17.7 Å². The molecule has 0 radical (unpaired) electrons. The van der Waals surface area contributed by atoms with Crippen LogP contribution in [0.2, 0.25) is 0 Å². The summed E-state index contributed by atoms with van der Waals surface area (Å²) >= 11 is 1.42. The standard InChI is InChI=1S/C13H13NO2S/c15-9-12-8-14-13(17-12)6-7-16-10-11-4-2-1-3-5-11/h1-5,8-9H,6-7,10H2. The smallest absolute Gasteiger partial charge is 0.161 e. The molecule has 88 valence electrons. The largest absolute Gasteiger partial charge is 0.376 e. The molecule has 0 unspecified atom stereocenters. The van der Waals surface area contributed by atoms with Crippen molar-refractivity contribution >= 4 is 17.6 Å². The Kier molecular flexibility index (Phi) is 4.41. The Balaban J connectivity index is 1.71. The highest BCUT2D eigenvalue weighted by Gasteiger charge is 2.00. The van der Waals surface area contributed by atoms with Crippen LogP contribution >= 0.6 is 11.3 Å². The zero-order valence-corrected chi connectivity index (χ0v) is 10.2. The molecule has 17 heavy (non-hydrogen) atoms. The third-order valence-electron chi connectivity index (χ3n) is 2.26. The van der Waals surface area contributed by atoms with Crippen molar-refractivity contribution in [2.45, 2.75) is 13.0 Å². The number of ether oxygens (including phenoxy) is 1. The summed E-state index contributed by atoms with van der Waals surface area (Å²) in [6, 6.07) is 10.0. The van der Waals surface area contributed by atoms with E-state index in [1.165, 1.54) is 16.9 Å². The molecule has 0 bridgehead atoms. The Labute approximate surface area is 104 Å². The van der Waals surface area contributed by atoms with Gasteiger partial charge in [0.15, 0.2) is 6.29 Å². The molecule has 1 aromatic carbocycles. The summed E-state index contributed by atoms with van der Waals surface area (Å²) in [7, 11) is 0. The van der Waals surface area contributed by atoms with E-state index in [-0.39, 0.29) is 0 Å². The molecule has 0 spiro atoms. The molecule has 1 heterocycles. The zero-order valence-electron chi connectivity index (χ0n) is 9.33. The maximum atomic E-state index is 10.5. The van der Waals surface area contributed by atoms with Crippen LogP contribution in [0.25, 0.3) is 0 Å². The fourth-order valence-electron chi connectivity index (χ4n) is 1.42. The third kappa shape index (κ3) is 3.76. The summed E-state index contributed by atoms with van der Waals surface area (Å²) < 4.78 is 5.54. The normalized spacial score (nSPS) is 10.4. The lowest BCUT2D eigenvalue weighted by molar-refractivity contribution is 0.112. The summed E-state index contributed by atoms with van der Waals surface area (Å²) in [6.45, 7) is 1.24. The van der Waals surface area contributed by atoms with Crippen LogP contribution in [0.5, 0.6) is 0 Å². The maximum absolute atomic E-state index is 10.5. The number of nitrogens with zero attached hydrogens (tertiary/aromatic N) is 1. The van der Waals surface area contributed by atoms with Crippen LogP contribution in [0.4, 0.5) is 0 Å². The van der Waals surface area contributed by atoms with Crippen LogP contribution in [0.3, 0.4) is 0 Å². The third-order valence-corrected chi connectivity index (χ3v) is 3.24.